The molecule has 13 heteroatoms. The molecule has 47 heavy (non-hydrogen) atoms. The molecule has 3 aliphatic rings. The molecule has 0 spiro atoms. The topological polar surface area (TPSA) is 142 Å². The molecule has 3 heterocycles. The molecule has 3 amide bonds. The lowest BCUT2D eigenvalue weighted by Crippen LogP contribution is -2.52. The average Bonchev–Trinajstić information content (AvgIpc) is 3.96. The van der Waals surface area contributed by atoms with Crippen LogP contribution in [0.5, 0.6) is 5.75 Å². The molecule has 0 saturated heterocycles. The van der Waals surface area contributed by atoms with Gasteiger partial charge in [-0.15, -0.1) is 0 Å². The summed E-state index contributed by atoms with van der Waals surface area (Å²) in [7, 11) is 1.57. The van der Waals surface area contributed by atoms with Gasteiger partial charge < -0.3 is 15.4 Å². The molecule has 2 aromatic carbocycles. The third-order valence-electron chi connectivity index (χ3n) is 9.17. The quantitative estimate of drug-likeness (QED) is 0.250. The van der Waals surface area contributed by atoms with E-state index in [0.717, 1.165) is 18.4 Å². The Bertz CT molecular complexity index is 1980. The van der Waals surface area contributed by atoms with E-state index in [1.54, 1.807) is 73.3 Å². The number of pyridine rings is 1. The second kappa shape index (κ2) is 11.1. The van der Waals surface area contributed by atoms with Crippen LogP contribution in [0.25, 0.3) is 0 Å². The van der Waals surface area contributed by atoms with Crippen LogP contribution in [0.3, 0.4) is 0 Å². The Morgan fingerprint density at radius 2 is 1.70 bits per heavy atom. The van der Waals surface area contributed by atoms with Crippen LogP contribution >= 0.6 is 23.2 Å². The summed E-state index contributed by atoms with van der Waals surface area (Å²) in [6.45, 7) is 1.74. The molecule has 1 aliphatic heterocycles. The summed E-state index contributed by atoms with van der Waals surface area (Å²) in [5, 5.41) is 16.0. The summed E-state index contributed by atoms with van der Waals surface area (Å²) < 4.78 is 6.95. The third kappa shape index (κ3) is 5.27. The number of halogens is 2. The molecule has 1 atom stereocenters. The number of nitriles is 1. The number of rotatable bonds is 9. The first-order chi connectivity index (χ1) is 22.5. The molecule has 0 bridgehead atoms. The van der Waals surface area contributed by atoms with Crippen molar-refractivity contribution < 1.29 is 19.1 Å². The van der Waals surface area contributed by atoms with Crippen LogP contribution in [0.2, 0.25) is 10.0 Å². The zero-order chi connectivity index (χ0) is 33.1. The Balaban J connectivity index is 1.21. The maximum Gasteiger partial charge on any atom is 0.270 e. The van der Waals surface area contributed by atoms with Gasteiger partial charge in [0.1, 0.15) is 22.5 Å². The van der Waals surface area contributed by atoms with E-state index in [9.17, 15) is 19.6 Å². The van der Waals surface area contributed by atoms with Gasteiger partial charge in [0.2, 0.25) is 11.9 Å². The largest absolute Gasteiger partial charge is 0.497 e. The Hall–Kier alpha value is -4.92. The first-order valence-corrected chi connectivity index (χ1v) is 15.8. The molecular formula is C34H29Cl2N7O4. The van der Waals surface area contributed by atoms with Crippen molar-refractivity contribution in [2.24, 2.45) is 0 Å². The molecular weight excluding hydrogens is 641 g/mol. The second-order valence-corrected chi connectivity index (χ2v) is 13.3. The predicted molar refractivity (Wildman–Crippen MR) is 174 cm³/mol. The molecule has 2 saturated carbocycles. The number of carbonyl (C=O) groups is 3. The summed E-state index contributed by atoms with van der Waals surface area (Å²) >= 11 is 12.6. The summed E-state index contributed by atoms with van der Waals surface area (Å²) in [4.78, 5) is 52.5. The number of amides is 3. The van der Waals surface area contributed by atoms with Gasteiger partial charge in [-0.2, -0.15) is 5.26 Å². The van der Waals surface area contributed by atoms with Gasteiger partial charge in [-0.1, -0.05) is 35.3 Å². The molecule has 2 aliphatic carbocycles. The number of nitrogens with one attached hydrogen (secondary N) is 2. The number of hydrogen-bond donors (Lipinski definition) is 2. The van der Waals surface area contributed by atoms with E-state index in [4.69, 9.17) is 27.9 Å². The minimum absolute atomic E-state index is 0.120. The number of benzene rings is 2. The fraction of sp³-hybridized carbons (Fsp3) is 0.294. The third-order valence-corrected chi connectivity index (χ3v) is 9.60. The van der Waals surface area contributed by atoms with Gasteiger partial charge in [-0.3, -0.25) is 23.9 Å². The molecule has 0 radical (unpaired) electrons. The number of ether oxygens (including phenoxy) is 1. The van der Waals surface area contributed by atoms with Crippen LogP contribution in [0.4, 0.5) is 11.6 Å². The highest BCUT2D eigenvalue weighted by molar-refractivity contribution is 6.35. The van der Waals surface area contributed by atoms with Crippen LogP contribution in [0.1, 0.15) is 59.9 Å². The molecule has 2 aromatic heterocycles. The molecule has 11 nitrogen and oxygen atoms in total. The average molecular weight is 671 g/mol. The Labute approximate surface area is 280 Å². The van der Waals surface area contributed by atoms with E-state index < -0.39 is 22.5 Å². The van der Waals surface area contributed by atoms with E-state index in [1.807, 2.05) is 6.07 Å². The molecule has 7 rings (SSSR count). The number of methoxy groups -OCH3 is 1. The van der Waals surface area contributed by atoms with E-state index in [-0.39, 0.29) is 29.9 Å². The minimum Gasteiger partial charge on any atom is -0.497 e. The number of nitrogens with zero attached hydrogens (tertiary/aromatic N) is 5. The first-order valence-electron chi connectivity index (χ1n) is 15.0. The normalized spacial score (nSPS) is 19.8. The maximum absolute atomic E-state index is 14.3. The van der Waals surface area contributed by atoms with E-state index in [1.165, 1.54) is 11.1 Å². The summed E-state index contributed by atoms with van der Waals surface area (Å²) in [6.07, 6.45) is 5.60. The number of fused-ring (bicyclic) bond motifs is 1. The molecule has 2 N–H and O–H groups in total. The van der Waals surface area contributed by atoms with Crippen LogP contribution in [-0.2, 0) is 27.1 Å². The highest BCUT2D eigenvalue weighted by Gasteiger charge is 2.57. The van der Waals surface area contributed by atoms with Crippen molar-refractivity contribution in [1.82, 2.24) is 25.2 Å². The zero-order valence-electron chi connectivity index (χ0n) is 25.5. The van der Waals surface area contributed by atoms with Gasteiger partial charge in [-0.25, -0.2) is 9.88 Å². The Morgan fingerprint density at radius 3 is 2.32 bits per heavy atom. The molecule has 2 fully saturated rings. The van der Waals surface area contributed by atoms with Crippen molar-refractivity contribution in [3.8, 4) is 11.8 Å². The number of anilines is 2. The molecule has 0 unspecified atom stereocenters. The smallest absolute Gasteiger partial charge is 0.270 e. The summed E-state index contributed by atoms with van der Waals surface area (Å²) in [5.41, 5.74) is -0.551. The summed E-state index contributed by atoms with van der Waals surface area (Å²) in [5.74, 6) is -0.318. The molecule has 238 valence electrons. The van der Waals surface area contributed by atoms with Crippen LogP contribution in [0, 0.1) is 11.3 Å². The van der Waals surface area contributed by atoms with Crippen molar-refractivity contribution in [1.29, 1.82) is 5.26 Å². The van der Waals surface area contributed by atoms with Gasteiger partial charge in [0, 0.05) is 28.7 Å². The SMILES string of the molecule is COc1ccnc(C2(NC(=O)C3(NC(=O)c4cnc5n4[C@](C)(Cc4ccc(C#N)cc4)C(=O)N5c4cc(Cl)cc(Cl)c4)CC3)CC2)c1. The maximum atomic E-state index is 14.3. The van der Waals surface area contributed by atoms with E-state index in [0.29, 0.717) is 45.6 Å². The highest BCUT2D eigenvalue weighted by atomic mass is 35.5. The standard InChI is InChI=1S/C34H29Cl2N7O4/c1-32(17-20-3-5-21(18-37)6-4-20)30(46)42(24-14-22(35)13-23(36)15-24)31-39-19-26(43(31)32)28(44)40-34(10-11-34)29(45)41-33(8-9-33)27-16-25(47-2)7-12-38-27/h3-7,12-16,19H,8-11,17H2,1-2H3,(H,40,44)(H,41,45)/t32-/m1/s1. The molecule has 4 aromatic rings. The van der Waals surface area contributed by atoms with Crippen molar-refractivity contribution in [3.05, 3.63) is 99.6 Å². The second-order valence-electron chi connectivity index (χ2n) is 12.5. The van der Waals surface area contributed by atoms with Gasteiger partial charge in [0.15, 0.2) is 0 Å². The Morgan fingerprint density at radius 1 is 1.00 bits per heavy atom. The van der Waals surface area contributed by atoms with Gasteiger partial charge >= 0.3 is 0 Å². The number of imidazole rings is 1. The monoisotopic (exact) mass is 669 g/mol. The van der Waals surface area contributed by atoms with Crippen LogP contribution < -0.4 is 20.3 Å². The van der Waals surface area contributed by atoms with Crippen molar-refractivity contribution in [2.75, 3.05) is 12.0 Å². The highest BCUT2D eigenvalue weighted by Crippen LogP contribution is 2.48. The first kappa shape index (κ1) is 30.7. The van der Waals surface area contributed by atoms with Gasteiger partial charge in [-0.05, 0) is 74.6 Å². The summed E-state index contributed by atoms with van der Waals surface area (Å²) in [6, 6.07) is 17.3. The van der Waals surface area contributed by atoms with Crippen LogP contribution in [-0.4, -0.2) is 44.9 Å². The number of carbonyl (C=O) groups excluding carboxylic acids is 3. The van der Waals surface area contributed by atoms with Gasteiger partial charge in [0.25, 0.3) is 11.8 Å². The lowest BCUT2D eigenvalue weighted by atomic mass is 9.91. The zero-order valence-corrected chi connectivity index (χ0v) is 27.0. The Kier molecular flexibility index (Phi) is 7.26. The number of hydrogen-bond acceptors (Lipinski definition) is 7. The number of aromatic nitrogens is 3. The van der Waals surface area contributed by atoms with Crippen molar-refractivity contribution >= 4 is 52.6 Å². The fourth-order valence-corrected chi connectivity index (χ4v) is 6.76. The predicted octanol–water partition coefficient (Wildman–Crippen LogP) is 5.17. The lowest BCUT2D eigenvalue weighted by Gasteiger charge is -2.27. The lowest BCUT2D eigenvalue weighted by molar-refractivity contribution is -0.125. The van der Waals surface area contributed by atoms with E-state index >= 15 is 0 Å². The minimum atomic E-state index is -1.31. The van der Waals surface area contributed by atoms with Crippen LogP contribution in [0.15, 0.2) is 67.0 Å². The van der Waals surface area contributed by atoms with E-state index in [2.05, 4.69) is 26.7 Å². The van der Waals surface area contributed by atoms with Crippen molar-refractivity contribution in [2.45, 2.75) is 55.6 Å². The van der Waals surface area contributed by atoms with Gasteiger partial charge in [0.05, 0.1) is 41.9 Å². The fourth-order valence-electron chi connectivity index (χ4n) is 6.25. The van der Waals surface area contributed by atoms with Crippen molar-refractivity contribution in [3.63, 3.8) is 0 Å².